The highest BCUT2D eigenvalue weighted by Crippen LogP contribution is 2.41. The molecule has 0 bridgehead atoms. The number of pyridine rings is 1. The average molecular weight is 434 g/mol. The van der Waals surface area contributed by atoms with Crippen molar-refractivity contribution in [1.82, 2.24) is 9.30 Å². The Bertz CT molecular complexity index is 1600. The summed E-state index contributed by atoms with van der Waals surface area (Å²) in [7, 11) is 6.87. The number of phenols is 2. The molecule has 8 nitrogen and oxygen atoms in total. The van der Waals surface area contributed by atoms with Gasteiger partial charge in [-0.1, -0.05) is 0 Å². The molecule has 0 unspecified atom stereocenters. The Morgan fingerprint density at radius 3 is 2.28 bits per heavy atom. The summed E-state index contributed by atoms with van der Waals surface area (Å²) in [6.07, 6.45) is 1.80. The lowest BCUT2D eigenvalue weighted by atomic mass is 10.0. The summed E-state index contributed by atoms with van der Waals surface area (Å²) >= 11 is 0. The van der Waals surface area contributed by atoms with Crippen LogP contribution in [0.2, 0.25) is 0 Å². The molecule has 3 aromatic heterocycles. The van der Waals surface area contributed by atoms with Crippen LogP contribution in [-0.2, 0) is 6.54 Å². The molecule has 5 aromatic rings. The second-order valence-corrected chi connectivity index (χ2v) is 8.00. The third-order valence-electron chi connectivity index (χ3n) is 5.74. The maximum Gasteiger partial charge on any atom is 0.361 e. The number of benzene rings is 2. The second kappa shape index (κ2) is 7.06. The van der Waals surface area contributed by atoms with E-state index in [0.29, 0.717) is 23.2 Å². The molecule has 0 saturated heterocycles. The Hall–Kier alpha value is -3.91. The number of aromatic nitrogens is 1. The van der Waals surface area contributed by atoms with Gasteiger partial charge in [0.05, 0.1) is 19.7 Å². The van der Waals surface area contributed by atoms with E-state index < -0.39 is 5.63 Å². The fraction of sp³-hybridized carbons (Fsp3) is 0.208. The van der Waals surface area contributed by atoms with Crippen LogP contribution in [0.1, 0.15) is 5.56 Å². The van der Waals surface area contributed by atoms with Gasteiger partial charge in [0.25, 0.3) is 0 Å². The minimum Gasteiger partial charge on any atom is -0.504 e. The van der Waals surface area contributed by atoms with Crippen molar-refractivity contribution in [2.45, 2.75) is 6.54 Å². The van der Waals surface area contributed by atoms with E-state index in [1.165, 1.54) is 20.3 Å². The van der Waals surface area contributed by atoms with Crippen LogP contribution in [0.5, 0.6) is 23.0 Å². The lowest BCUT2D eigenvalue weighted by molar-refractivity contribution is 0.373. The van der Waals surface area contributed by atoms with Crippen molar-refractivity contribution in [3.63, 3.8) is 0 Å². The van der Waals surface area contributed by atoms with Gasteiger partial charge in [-0.15, -0.1) is 0 Å². The summed E-state index contributed by atoms with van der Waals surface area (Å²) in [5.74, 6) is 0.566. The maximum absolute atomic E-state index is 13.1. The highest BCUT2D eigenvalue weighted by atomic mass is 16.5. The molecule has 0 fully saturated rings. The van der Waals surface area contributed by atoms with E-state index in [2.05, 4.69) is 0 Å². The quantitative estimate of drug-likeness (QED) is 0.415. The topological polar surface area (TPSA) is 96.8 Å². The van der Waals surface area contributed by atoms with Crippen molar-refractivity contribution in [3.8, 4) is 23.0 Å². The number of fused-ring (bicyclic) bond motifs is 7. The Labute approximate surface area is 182 Å². The molecule has 0 radical (unpaired) electrons. The van der Waals surface area contributed by atoms with Crippen molar-refractivity contribution < 1.29 is 24.1 Å². The highest BCUT2D eigenvalue weighted by molar-refractivity contribution is 6.14. The SMILES string of the molecule is COc1cc2c(cc1O)oc(=O)c1c2c(CN(C)C)c2c3cc(OC)c(O)cc3ccn21. The van der Waals surface area contributed by atoms with Crippen LogP contribution in [0.3, 0.4) is 0 Å². The Balaban J connectivity index is 2.08. The van der Waals surface area contributed by atoms with Crippen LogP contribution in [0.25, 0.3) is 38.2 Å². The van der Waals surface area contributed by atoms with Crippen molar-refractivity contribution in [3.05, 3.63) is 52.5 Å². The Morgan fingerprint density at radius 2 is 1.62 bits per heavy atom. The van der Waals surface area contributed by atoms with Crippen molar-refractivity contribution >= 4 is 38.2 Å². The first kappa shape index (κ1) is 20.0. The fourth-order valence-electron chi connectivity index (χ4n) is 4.43. The third kappa shape index (κ3) is 2.76. The van der Waals surface area contributed by atoms with Gasteiger partial charge in [0.2, 0.25) is 0 Å². The number of hydrogen-bond acceptors (Lipinski definition) is 7. The zero-order chi connectivity index (χ0) is 22.7. The maximum atomic E-state index is 13.1. The zero-order valence-electron chi connectivity index (χ0n) is 18.1. The van der Waals surface area contributed by atoms with E-state index >= 15 is 0 Å². The van der Waals surface area contributed by atoms with E-state index in [1.807, 2.05) is 29.5 Å². The van der Waals surface area contributed by atoms with Crippen LogP contribution in [0, 0.1) is 0 Å². The molecule has 0 aliphatic carbocycles. The number of methoxy groups -OCH3 is 2. The Morgan fingerprint density at radius 1 is 0.969 bits per heavy atom. The summed E-state index contributed by atoms with van der Waals surface area (Å²) in [5.41, 5.74) is 1.88. The summed E-state index contributed by atoms with van der Waals surface area (Å²) in [6, 6.07) is 8.34. The standard InChI is InChI=1S/C24H22N2O6/c1-25(2)11-15-21-14-9-20(31-4)17(28)10-18(14)32-24(29)23(21)26-6-5-12-7-16(27)19(30-3)8-13(12)22(15)26/h5-10,27-28H,11H2,1-4H3. The number of aromatic hydroxyl groups is 2. The monoisotopic (exact) mass is 434 g/mol. The molecular weight excluding hydrogens is 412 g/mol. The minimum absolute atomic E-state index is 0.0415. The molecule has 2 aromatic carbocycles. The molecule has 32 heavy (non-hydrogen) atoms. The molecule has 164 valence electrons. The normalized spacial score (nSPS) is 11.9. The van der Waals surface area contributed by atoms with E-state index in [1.54, 1.807) is 24.4 Å². The molecule has 0 aliphatic heterocycles. The number of phenolic OH excluding ortho intramolecular Hbond substituents is 2. The zero-order valence-corrected chi connectivity index (χ0v) is 18.1. The van der Waals surface area contributed by atoms with Crippen molar-refractivity contribution in [2.24, 2.45) is 0 Å². The van der Waals surface area contributed by atoms with Gasteiger partial charge in [-0.3, -0.25) is 0 Å². The van der Waals surface area contributed by atoms with E-state index in [9.17, 15) is 15.0 Å². The fourth-order valence-corrected chi connectivity index (χ4v) is 4.43. The number of ether oxygens (including phenoxy) is 2. The molecule has 0 spiro atoms. The van der Waals surface area contributed by atoms with Crippen LogP contribution in [-0.4, -0.2) is 47.8 Å². The summed E-state index contributed by atoms with van der Waals surface area (Å²) < 4.78 is 18.1. The molecule has 0 atom stereocenters. The van der Waals surface area contributed by atoms with Gasteiger partial charge < -0.3 is 33.4 Å². The molecule has 5 rings (SSSR count). The van der Waals surface area contributed by atoms with Crippen LogP contribution in [0.15, 0.2) is 45.7 Å². The van der Waals surface area contributed by atoms with Crippen molar-refractivity contribution in [2.75, 3.05) is 28.3 Å². The molecule has 0 aliphatic rings. The third-order valence-corrected chi connectivity index (χ3v) is 5.74. The smallest absolute Gasteiger partial charge is 0.361 e. The first-order valence-electron chi connectivity index (χ1n) is 9.99. The van der Waals surface area contributed by atoms with Gasteiger partial charge in [-0.05, 0) is 43.7 Å². The number of rotatable bonds is 4. The molecule has 2 N–H and O–H groups in total. The van der Waals surface area contributed by atoms with E-state index in [0.717, 1.165) is 27.2 Å². The van der Waals surface area contributed by atoms with Crippen LogP contribution in [0.4, 0.5) is 0 Å². The minimum atomic E-state index is -0.512. The predicted octanol–water partition coefficient (Wildman–Crippen LogP) is 3.84. The van der Waals surface area contributed by atoms with Crippen LogP contribution >= 0.6 is 0 Å². The largest absolute Gasteiger partial charge is 0.504 e. The highest BCUT2D eigenvalue weighted by Gasteiger charge is 2.23. The molecular formula is C24H22N2O6. The molecule has 0 amide bonds. The van der Waals surface area contributed by atoms with Gasteiger partial charge in [-0.25, -0.2) is 4.79 Å². The molecule has 0 saturated carbocycles. The van der Waals surface area contributed by atoms with Gasteiger partial charge in [0.15, 0.2) is 23.0 Å². The lowest BCUT2D eigenvalue weighted by Gasteiger charge is -2.12. The first-order chi connectivity index (χ1) is 15.3. The second-order valence-electron chi connectivity index (χ2n) is 8.00. The van der Waals surface area contributed by atoms with E-state index in [-0.39, 0.29) is 22.8 Å². The molecule has 3 heterocycles. The van der Waals surface area contributed by atoms with Gasteiger partial charge in [-0.2, -0.15) is 0 Å². The summed E-state index contributed by atoms with van der Waals surface area (Å²) in [4.78, 5) is 15.1. The number of hydrogen-bond donors (Lipinski definition) is 2. The average Bonchev–Trinajstić information content (AvgIpc) is 3.07. The summed E-state index contributed by atoms with van der Waals surface area (Å²) in [6.45, 7) is 0.539. The van der Waals surface area contributed by atoms with Gasteiger partial charge in [0.1, 0.15) is 11.1 Å². The molecule has 8 heteroatoms. The van der Waals surface area contributed by atoms with E-state index in [4.69, 9.17) is 13.9 Å². The van der Waals surface area contributed by atoms with Gasteiger partial charge in [0, 0.05) is 40.5 Å². The van der Waals surface area contributed by atoms with Crippen molar-refractivity contribution in [1.29, 1.82) is 0 Å². The first-order valence-corrected chi connectivity index (χ1v) is 9.99. The van der Waals surface area contributed by atoms with Crippen LogP contribution < -0.4 is 15.1 Å². The predicted molar refractivity (Wildman–Crippen MR) is 122 cm³/mol. The van der Waals surface area contributed by atoms with Gasteiger partial charge >= 0.3 is 5.63 Å². The summed E-state index contributed by atoms with van der Waals surface area (Å²) in [5, 5.41) is 23.5. The number of nitrogens with zero attached hydrogens (tertiary/aromatic N) is 2. The Kier molecular flexibility index (Phi) is 4.42. The lowest BCUT2D eigenvalue weighted by Crippen LogP contribution is -2.11.